The molecule has 0 bridgehead atoms. The predicted octanol–water partition coefficient (Wildman–Crippen LogP) is 4.62. The molecule has 3 unspecified atom stereocenters. The monoisotopic (exact) mass is 336 g/mol. The second kappa shape index (κ2) is 4.76. The molecule has 5 aliphatic carbocycles. The number of carbonyl (C=O) groups excluding carboxylic acids is 1. The third-order valence-electron chi connectivity index (χ3n) is 8.90. The van der Waals surface area contributed by atoms with Crippen molar-refractivity contribution < 1.29 is 9.53 Å². The van der Waals surface area contributed by atoms with Crippen LogP contribution in [-0.2, 0) is 9.53 Å². The third-order valence-corrected chi connectivity index (χ3v) is 8.90. The van der Waals surface area contributed by atoms with E-state index in [0.717, 1.165) is 37.2 Å². The minimum Gasteiger partial charge on any atom is -0.366 e. The molecule has 1 spiro atoms. The molecule has 2 heteroatoms. The van der Waals surface area contributed by atoms with Gasteiger partial charge in [0.2, 0.25) is 0 Å². The van der Waals surface area contributed by atoms with Crippen molar-refractivity contribution in [3.8, 4) is 0 Å². The van der Waals surface area contributed by atoms with Crippen LogP contribution in [0, 0.1) is 35.0 Å². The van der Waals surface area contributed by atoms with Crippen LogP contribution in [-0.4, -0.2) is 18.0 Å². The van der Waals surface area contributed by atoms with Crippen LogP contribution in [0.4, 0.5) is 0 Å². The summed E-state index contributed by atoms with van der Waals surface area (Å²) < 4.78 is 6.53. The van der Waals surface area contributed by atoms with Crippen molar-refractivity contribution in [2.75, 3.05) is 6.61 Å². The number of allylic oxidation sites excluding steroid dienone is 4. The Labute approximate surface area is 150 Å². The number of carbonyl (C=O) groups is 1. The molecule has 25 heavy (non-hydrogen) atoms. The van der Waals surface area contributed by atoms with Gasteiger partial charge in [-0.05, 0) is 67.3 Å². The Hall–Kier alpha value is -1.15. The van der Waals surface area contributed by atoms with Crippen LogP contribution >= 0.6 is 0 Å². The van der Waals surface area contributed by atoms with Crippen LogP contribution in [0.5, 0.6) is 0 Å². The Morgan fingerprint density at radius 1 is 1.32 bits per heavy atom. The average Bonchev–Trinajstić information content (AvgIpc) is 3.20. The molecule has 0 radical (unpaired) electrons. The Bertz CT molecular complexity index is 743. The first-order chi connectivity index (χ1) is 12.2. The molecule has 2 nitrogen and oxygen atoms in total. The van der Waals surface area contributed by atoms with Crippen LogP contribution in [0.25, 0.3) is 0 Å². The third kappa shape index (κ3) is 1.64. The first-order valence-electron chi connectivity index (χ1n) is 10.4. The molecule has 7 atom stereocenters. The summed E-state index contributed by atoms with van der Waals surface area (Å²) in [4.78, 5) is 11.9. The van der Waals surface area contributed by atoms with Crippen LogP contribution in [0.3, 0.4) is 0 Å². The van der Waals surface area contributed by atoms with E-state index in [1.54, 1.807) is 5.57 Å². The summed E-state index contributed by atoms with van der Waals surface area (Å²) in [5, 5.41) is 0. The molecule has 6 rings (SSSR count). The zero-order chi connectivity index (χ0) is 16.8. The Morgan fingerprint density at radius 2 is 2.24 bits per heavy atom. The van der Waals surface area contributed by atoms with Gasteiger partial charge in [-0.3, -0.25) is 4.79 Å². The molecule has 0 saturated heterocycles. The van der Waals surface area contributed by atoms with Gasteiger partial charge < -0.3 is 4.74 Å². The van der Waals surface area contributed by atoms with Crippen LogP contribution in [0.1, 0.15) is 51.9 Å². The quantitative estimate of drug-likeness (QED) is 0.653. The smallest absolute Gasteiger partial charge is 0.137 e. The maximum absolute atomic E-state index is 11.9. The summed E-state index contributed by atoms with van der Waals surface area (Å²) >= 11 is 0. The SMILES string of the molecule is CC[C@]12CCC3C4=C(C=CC3C1[C@@H]1C[C@@H]1[C@@]21C=CCO1)CC(=O)CC4. The second-order valence-electron chi connectivity index (χ2n) is 9.40. The molecule has 6 aliphatic rings. The van der Waals surface area contributed by atoms with Gasteiger partial charge in [0.15, 0.2) is 0 Å². The lowest BCUT2D eigenvalue weighted by Gasteiger charge is -2.56. The molecule has 132 valence electrons. The standard InChI is InChI=1S/C23H28O2/c1-2-22-10-8-17-16-7-5-15(24)12-14(16)4-6-18(17)21(22)19-13-20(19)23(22)9-3-11-25-23/h3-4,6,9,17-21H,2,5,7-8,10-13H2,1H3/t17?,18?,19-,20+,21?,22+,23+/m1/s1. The van der Waals surface area contributed by atoms with Crippen LogP contribution in [0.15, 0.2) is 35.5 Å². The van der Waals surface area contributed by atoms with Crippen molar-refractivity contribution in [3.05, 3.63) is 35.5 Å². The lowest BCUT2D eigenvalue weighted by molar-refractivity contribution is -0.127. The molecule has 0 N–H and O–H groups in total. The van der Waals surface area contributed by atoms with Gasteiger partial charge in [0.05, 0.1) is 12.2 Å². The molecular weight excluding hydrogens is 308 g/mol. The minimum absolute atomic E-state index is 0.0487. The Balaban J connectivity index is 1.42. The highest BCUT2D eigenvalue weighted by molar-refractivity contribution is 5.83. The first-order valence-corrected chi connectivity index (χ1v) is 10.4. The van der Waals surface area contributed by atoms with Crippen LogP contribution in [0.2, 0.25) is 0 Å². The topological polar surface area (TPSA) is 26.3 Å². The first kappa shape index (κ1) is 15.0. The summed E-state index contributed by atoms with van der Waals surface area (Å²) in [6, 6.07) is 0. The van der Waals surface area contributed by atoms with E-state index in [4.69, 9.17) is 4.74 Å². The summed E-state index contributed by atoms with van der Waals surface area (Å²) in [7, 11) is 0. The van der Waals surface area contributed by atoms with Gasteiger partial charge in [-0.15, -0.1) is 0 Å². The van der Waals surface area contributed by atoms with E-state index in [-0.39, 0.29) is 5.60 Å². The van der Waals surface area contributed by atoms with E-state index in [0.29, 0.717) is 29.5 Å². The fourth-order valence-electron chi connectivity index (χ4n) is 8.03. The molecule has 1 aliphatic heterocycles. The van der Waals surface area contributed by atoms with E-state index in [1.807, 2.05) is 0 Å². The summed E-state index contributed by atoms with van der Waals surface area (Å²) in [5.41, 5.74) is 3.42. The average molecular weight is 336 g/mol. The molecule has 0 aromatic carbocycles. The number of Topliss-reactive ketones (excluding diaryl/α,β-unsaturated/α-hetero) is 1. The fraction of sp³-hybridized carbons (Fsp3) is 0.696. The Morgan fingerprint density at radius 3 is 3.04 bits per heavy atom. The largest absolute Gasteiger partial charge is 0.366 e. The van der Waals surface area contributed by atoms with Gasteiger partial charge in [0.25, 0.3) is 0 Å². The number of hydrogen-bond donors (Lipinski definition) is 0. The molecule has 0 aromatic rings. The van der Waals surface area contributed by atoms with Gasteiger partial charge in [0.1, 0.15) is 5.78 Å². The van der Waals surface area contributed by atoms with Gasteiger partial charge >= 0.3 is 0 Å². The minimum atomic E-state index is 0.0487. The number of ketones is 1. The molecule has 1 heterocycles. The molecule has 3 fully saturated rings. The van der Waals surface area contributed by atoms with Gasteiger partial charge in [-0.1, -0.05) is 36.8 Å². The maximum atomic E-state index is 11.9. The summed E-state index contributed by atoms with van der Waals surface area (Å²) in [6.07, 6.45) is 17.3. The summed E-state index contributed by atoms with van der Waals surface area (Å²) in [6.45, 7) is 3.23. The lowest BCUT2D eigenvalue weighted by atomic mass is 9.50. The molecule has 3 saturated carbocycles. The second-order valence-corrected chi connectivity index (χ2v) is 9.40. The highest BCUT2D eigenvalue weighted by Gasteiger charge is 2.76. The Kier molecular flexibility index (Phi) is 2.85. The zero-order valence-corrected chi connectivity index (χ0v) is 15.2. The number of ether oxygens (including phenoxy) is 1. The van der Waals surface area contributed by atoms with Crippen molar-refractivity contribution in [2.45, 2.75) is 57.5 Å². The fourth-order valence-corrected chi connectivity index (χ4v) is 8.03. The van der Waals surface area contributed by atoms with Crippen molar-refractivity contribution in [1.82, 2.24) is 0 Å². The predicted molar refractivity (Wildman–Crippen MR) is 96.9 cm³/mol. The van der Waals surface area contributed by atoms with Crippen LogP contribution < -0.4 is 0 Å². The van der Waals surface area contributed by atoms with Gasteiger partial charge in [-0.2, -0.15) is 0 Å². The van der Waals surface area contributed by atoms with Gasteiger partial charge in [0, 0.05) is 18.3 Å². The number of fused-ring (bicyclic) bond motifs is 8. The van der Waals surface area contributed by atoms with E-state index in [1.165, 1.54) is 31.3 Å². The van der Waals surface area contributed by atoms with Crippen molar-refractivity contribution in [2.24, 2.45) is 35.0 Å². The highest BCUT2D eigenvalue weighted by Crippen LogP contribution is 2.77. The van der Waals surface area contributed by atoms with Gasteiger partial charge in [-0.25, -0.2) is 0 Å². The van der Waals surface area contributed by atoms with Crippen molar-refractivity contribution >= 4 is 5.78 Å². The van der Waals surface area contributed by atoms with Crippen molar-refractivity contribution in [3.63, 3.8) is 0 Å². The molecular formula is C23H28O2. The number of hydrogen-bond acceptors (Lipinski definition) is 2. The van der Waals surface area contributed by atoms with Crippen molar-refractivity contribution in [1.29, 1.82) is 0 Å². The zero-order valence-electron chi connectivity index (χ0n) is 15.2. The normalized spacial score (nSPS) is 52.2. The maximum Gasteiger partial charge on any atom is 0.137 e. The van der Waals surface area contributed by atoms with E-state index >= 15 is 0 Å². The van der Waals surface area contributed by atoms with E-state index in [2.05, 4.69) is 31.2 Å². The van der Waals surface area contributed by atoms with E-state index in [9.17, 15) is 4.79 Å². The van der Waals surface area contributed by atoms with E-state index < -0.39 is 0 Å². The highest BCUT2D eigenvalue weighted by atomic mass is 16.5. The lowest BCUT2D eigenvalue weighted by Crippen LogP contribution is -2.54. The molecule has 0 aromatic heterocycles. The number of rotatable bonds is 1. The summed E-state index contributed by atoms with van der Waals surface area (Å²) in [5.74, 6) is 4.26. The molecule has 0 amide bonds.